The number of ether oxygens (including phenoxy) is 2. The predicted molar refractivity (Wildman–Crippen MR) is 104 cm³/mol. The van der Waals surface area contributed by atoms with Crippen LogP contribution in [-0.2, 0) is 0 Å². The minimum Gasteiger partial charge on any atom is -0.497 e. The van der Waals surface area contributed by atoms with E-state index < -0.39 is 0 Å². The van der Waals surface area contributed by atoms with Crippen LogP contribution < -0.4 is 14.4 Å². The Bertz CT molecular complexity index is 1000. The number of hydrogen-bond acceptors (Lipinski definition) is 7. The first-order valence-electron chi connectivity index (χ1n) is 9.06. The number of fused-ring (bicyclic) bond motifs is 1. The lowest BCUT2D eigenvalue weighted by Gasteiger charge is -2.16. The molecule has 1 atom stereocenters. The SMILES string of the molecule is COc1ccc2oc(C(=O)N3CCC(Oc4cncc(N(C)C)n4)C3)cc2c1. The maximum Gasteiger partial charge on any atom is 0.289 e. The molecule has 1 aliphatic heterocycles. The number of anilines is 1. The molecule has 1 amide bonds. The van der Waals surface area contributed by atoms with Crippen LogP contribution in [0.5, 0.6) is 11.6 Å². The Morgan fingerprint density at radius 2 is 2.14 bits per heavy atom. The van der Waals surface area contributed by atoms with Crippen LogP contribution in [0.3, 0.4) is 0 Å². The Morgan fingerprint density at radius 1 is 1.29 bits per heavy atom. The Balaban J connectivity index is 1.43. The molecule has 1 saturated heterocycles. The van der Waals surface area contributed by atoms with Crippen molar-refractivity contribution in [3.63, 3.8) is 0 Å². The van der Waals surface area contributed by atoms with Crippen LogP contribution in [0.4, 0.5) is 5.82 Å². The average molecular weight is 382 g/mol. The lowest BCUT2D eigenvalue weighted by molar-refractivity contribution is 0.0742. The van der Waals surface area contributed by atoms with Crippen molar-refractivity contribution >= 4 is 22.7 Å². The molecule has 1 fully saturated rings. The van der Waals surface area contributed by atoms with Gasteiger partial charge in [0.1, 0.15) is 17.4 Å². The number of likely N-dealkylation sites (tertiary alicyclic amines) is 1. The van der Waals surface area contributed by atoms with E-state index in [2.05, 4.69) is 9.97 Å². The molecule has 0 aliphatic carbocycles. The normalized spacial score (nSPS) is 16.4. The van der Waals surface area contributed by atoms with Gasteiger partial charge >= 0.3 is 0 Å². The van der Waals surface area contributed by atoms with Crippen LogP contribution in [0.2, 0.25) is 0 Å². The minimum absolute atomic E-state index is 0.125. The quantitative estimate of drug-likeness (QED) is 0.671. The average Bonchev–Trinajstić information content (AvgIpc) is 3.33. The van der Waals surface area contributed by atoms with Gasteiger partial charge in [0.25, 0.3) is 5.91 Å². The minimum atomic E-state index is -0.144. The molecule has 4 rings (SSSR count). The van der Waals surface area contributed by atoms with Crippen molar-refractivity contribution in [1.29, 1.82) is 0 Å². The van der Waals surface area contributed by atoms with Gasteiger partial charge in [-0.1, -0.05) is 0 Å². The van der Waals surface area contributed by atoms with Crippen LogP contribution in [0.1, 0.15) is 17.0 Å². The van der Waals surface area contributed by atoms with Gasteiger partial charge in [-0.3, -0.25) is 9.78 Å². The molecule has 0 spiro atoms. The molecule has 0 radical (unpaired) electrons. The highest BCUT2D eigenvalue weighted by Gasteiger charge is 2.30. The zero-order valence-electron chi connectivity index (χ0n) is 16.1. The third-order valence-corrected chi connectivity index (χ3v) is 4.71. The summed E-state index contributed by atoms with van der Waals surface area (Å²) in [4.78, 5) is 25.0. The molecule has 1 aliphatic rings. The Hall–Kier alpha value is -3.29. The van der Waals surface area contributed by atoms with Crippen molar-refractivity contribution in [2.45, 2.75) is 12.5 Å². The molecule has 28 heavy (non-hydrogen) atoms. The van der Waals surface area contributed by atoms with E-state index in [1.165, 1.54) is 0 Å². The van der Waals surface area contributed by atoms with Crippen LogP contribution in [0.15, 0.2) is 41.1 Å². The summed E-state index contributed by atoms with van der Waals surface area (Å²) in [6.45, 7) is 1.08. The summed E-state index contributed by atoms with van der Waals surface area (Å²) in [5, 5.41) is 0.838. The summed E-state index contributed by atoms with van der Waals surface area (Å²) in [7, 11) is 5.40. The first-order chi connectivity index (χ1) is 13.5. The third kappa shape index (κ3) is 3.58. The Kier molecular flexibility index (Phi) is 4.77. The Morgan fingerprint density at radius 3 is 2.93 bits per heavy atom. The fourth-order valence-electron chi connectivity index (χ4n) is 3.20. The summed E-state index contributed by atoms with van der Waals surface area (Å²) < 4.78 is 16.9. The highest BCUT2D eigenvalue weighted by atomic mass is 16.5. The number of rotatable bonds is 5. The summed E-state index contributed by atoms with van der Waals surface area (Å²) in [5.74, 6) is 2.08. The summed E-state index contributed by atoms with van der Waals surface area (Å²) in [6.07, 6.45) is 3.87. The van der Waals surface area contributed by atoms with Crippen LogP contribution in [0.25, 0.3) is 11.0 Å². The lowest BCUT2D eigenvalue weighted by atomic mass is 10.2. The van der Waals surface area contributed by atoms with Gasteiger partial charge in [0.2, 0.25) is 5.88 Å². The first kappa shape index (κ1) is 18.1. The second-order valence-corrected chi connectivity index (χ2v) is 6.90. The highest BCUT2D eigenvalue weighted by molar-refractivity contribution is 5.96. The van der Waals surface area contributed by atoms with E-state index in [0.717, 1.165) is 23.4 Å². The van der Waals surface area contributed by atoms with E-state index in [-0.39, 0.29) is 12.0 Å². The molecule has 8 heteroatoms. The highest BCUT2D eigenvalue weighted by Crippen LogP contribution is 2.26. The van der Waals surface area contributed by atoms with Gasteiger partial charge in [-0.2, -0.15) is 4.98 Å². The second kappa shape index (κ2) is 7.38. The fourth-order valence-corrected chi connectivity index (χ4v) is 3.20. The molecule has 0 saturated carbocycles. The van der Waals surface area contributed by atoms with Crippen molar-refractivity contribution in [1.82, 2.24) is 14.9 Å². The van der Waals surface area contributed by atoms with Gasteiger partial charge in [-0.05, 0) is 24.3 Å². The molecule has 8 nitrogen and oxygen atoms in total. The summed E-state index contributed by atoms with van der Waals surface area (Å²) >= 11 is 0. The number of aromatic nitrogens is 2. The van der Waals surface area contributed by atoms with Gasteiger partial charge in [-0.15, -0.1) is 0 Å². The van der Waals surface area contributed by atoms with Crippen LogP contribution >= 0.6 is 0 Å². The number of hydrogen-bond donors (Lipinski definition) is 0. The van der Waals surface area contributed by atoms with Gasteiger partial charge in [0, 0.05) is 32.4 Å². The van der Waals surface area contributed by atoms with Crippen molar-refractivity contribution in [3.8, 4) is 11.6 Å². The molecular weight excluding hydrogens is 360 g/mol. The van der Waals surface area contributed by atoms with Gasteiger partial charge in [0.05, 0.1) is 26.0 Å². The number of furan rings is 1. The van der Waals surface area contributed by atoms with E-state index in [1.807, 2.05) is 31.1 Å². The van der Waals surface area contributed by atoms with Crippen molar-refractivity contribution in [2.24, 2.45) is 0 Å². The third-order valence-electron chi connectivity index (χ3n) is 4.71. The first-order valence-corrected chi connectivity index (χ1v) is 9.06. The second-order valence-electron chi connectivity index (χ2n) is 6.90. The predicted octanol–water partition coefficient (Wildman–Crippen LogP) is 2.59. The van der Waals surface area contributed by atoms with Crippen molar-refractivity contribution in [2.75, 3.05) is 39.2 Å². The van der Waals surface area contributed by atoms with Gasteiger partial charge < -0.3 is 23.7 Å². The van der Waals surface area contributed by atoms with Gasteiger partial charge in [0.15, 0.2) is 11.6 Å². The molecule has 3 heterocycles. The number of methoxy groups -OCH3 is 1. The molecular formula is C20H22N4O4. The largest absolute Gasteiger partial charge is 0.497 e. The van der Waals surface area contributed by atoms with Gasteiger partial charge in [-0.25, -0.2) is 0 Å². The van der Waals surface area contributed by atoms with Crippen molar-refractivity contribution in [3.05, 3.63) is 42.4 Å². The smallest absolute Gasteiger partial charge is 0.289 e. The molecule has 1 unspecified atom stereocenters. The topological polar surface area (TPSA) is 80.9 Å². The zero-order chi connectivity index (χ0) is 19.7. The maximum absolute atomic E-state index is 12.8. The van der Waals surface area contributed by atoms with E-state index in [4.69, 9.17) is 13.9 Å². The zero-order valence-corrected chi connectivity index (χ0v) is 16.1. The molecule has 0 bridgehead atoms. The summed E-state index contributed by atoms with van der Waals surface area (Å²) in [6, 6.07) is 7.21. The number of nitrogens with zero attached hydrogens (tertiary/aromatic N) is 4. The monoisotopic (exact) mass is 382 g/mol. The van der Waals surface area contributed by atoms with E-state index >= 15 is 0 Å². The molecule has 1 aromatic carbocycles. The van der Waals surface area contributed by atoms with E-state index in [9.17, 15) is 4.79 Å². The summed E-state index contributed by atoms with van der Waals surface area (Å²) in [5.41, 5.74) is 0.659. The number of amides is 1. The number of carbonyl (C=O) groups excluding carboxylic acids is 1. The van der Waals surface area contributed by atoms with E-state index in [0.29, 0.717) is 30.3 Å². The van der Waals surface area contributed by atoms with Crippen LogP contribution in [-0.4, -0.2) is 61.2 Å². The molecule has 2 aromatic heterocycles. The molecule has 3 aromatic rings. The van der Waals surface area contributed by atoms with Crippen molar-refractivity contribution < 1.29 is 18.7 Å². The standard InChI is InChI=1S/C20H22N4O4/c1-23(2)18-10-21-11-19(22-18)27-15-6-7-24(12-15)20(25)17-9-13-8-14(26-3)4-5-16(13)28-17/h4-5,8-11,15H,6-7,12H2,1-3H3. The number of carbonyl (C=O) groups is 1. The van der Waals surface area contributed by atoms with Crippen LogP contribution in [0, 0.1) is 0 Å². The number of benzene rings is 1. The Labute approximate surface area is 162 Å². The van der Waals surface area contributed by atoms with E-state index in [1.54, 1.807) is 36.5 Å². The molecule has 146 valence electrons. The lowest BCUT2D eigenvalue weighted by Crippen LogP contribution is -2.30. The molecule has 0 N–H and O–H groups in total. The fraction of sp³-hybridized carbons (Fsp3) is 0.350. The maximum atomic E-state index is 12.8.